The fraction of sp³-hybridized carbons (Fsp3) is 0.532. The molecule has 462 valence electrons. The quantitative estimate of drug-likeness (QED) is 0.0346. The number of aryl methyl sites for hydroxylation is 2. The third kappa shape index (κ3) is 13.7. The molecule has 0 spiro atoms. The van der Waals surface area contributed by atoms with Gasteiger partial charge in [0.2, 0.25) is 12.0 Å². The Labute approximate surface area is 496 Å². The van der Waals surface area contributed by atoms with Crippen LogP contribution in [0.2, 0.25) is 0 Å². The number of aromatic nitrogens is 3. The molecular formula is C62H75N5O19. The van der Waals surface area contributed by atoms with Crippen LogP contribution < -0.4 is 10.6 Å². The van der Waals surface area contributed by atoms with E-state index >= 15 is 9.59 Å². The zero-order chi connectivity index (χ0) is 62.1. The molecule has 8 rings (SSSR count). The van der Waals surface area contributed by atoms with E-state index in [-0.39, 0.29) is 54.7 Å². The number of ether oxygens (including phenoxy) is 7. The number of nitrogens with zero attached hydrogens (tertiary/aromatic N) is 3. The standard InChI is InChI=1S/C62H75N5O19/c1-36-43(31-62(79)55(85-57(77)41-24-15-9-16-25-41)53-60(6,44(70)30-45-61(53,35-81-45)86-38(3)69)54(75)51(82-37(2)68)49(36)59(62,4)5)83-58(78)52(50(39-20-11-7-12-21-39)64-56(76)40-22-13-8-14-23-40)84-48(74)34-80-33-46(71)63-28-19-26-42-32-67(66-65-42)29-18-10-17-27-47(72)73/h7-9,11-16,20,22-25,32,39,43-45,50-53,55,70,79H,10,17-19,21,26-31,33-35H2,1-6H3,(H,63,71)(H,64,76)(H,72,73)/t39?,43-,44-,45+,50-,51+,52+,53-,55-,60+,61-,62+/m0/s1. The van der Waals surface area contributed by atoms with Gasteiger partial charge in [0.15, 0.2) is 17.5 Å². The number of allylic oxidation sites excluding steroid dienone is 3. The van der Waals surface area contributed by atoms with Gasteiger partial charge in [-0.05, 0) is 81.4 Å². The second-order valence-corrected chi connectivity index (χ2v) is 23.3. The highest BCUT2D eigenvalue weighted by Gasteiger charge is 2.78. The number of benzene rings is 2. The maximum Gasteiger partial charge on any atom is 0.350 e. The van der Waals surface area contributed by atoms with Crippen LogP contribution in [0.5, 0.6) is 0 Å². The molecule has 1 aromatic heterocycles. The van der Waals surface area contributed by atoms with Crippen LogP contribution in [-0.4, -0.2) is 164 Å². The molecule has 0 radical (unpaired) electrons. The number of hydrogen-bond donors (Lipinski definition) is 5. The molecule has 5 N–H and O–H groups in total. The third-order valence-corrected chi connectivity index (χ3v) is 17.3. The van der Waals surface area contributed by atoms with Gasteiger partial charge in [-0.2, -0.15) is 0 Å². The number of aliphatic hydroxyl groups is 2. The molecule has 1 unspecified atom stereocenters. The van der Waals surface area contributed by atoms with Gasteiger partial charge in [-0.3, -0.25) is 33.4 Å². The van der Waals surface area contributed by atoms with Gasteiger partial charge in [0.1, 0.15) is 37.1 Å². The lowest BCUT2D eigenvalue weighted by Gasteiger charge is -2.67. The second-order valence-electron chi connectivity index (χ2n) is 23.3. The van der Waals surface area contributed by atoms with E-state index in [9.17, 15) is 43.8 Å². The molecule has 4 aliphatic carbocycles. The first-order chi connectivity index (χ1) is 40.9. The second kappa shape index (κ2) is 27.2. The Morgan fingerprint density at radius 3 is 2.22 bits per heavy atom. The lowest BCUT2D eigenvalue weighted by atomic mass is 9.44. The van der Waals surface area contributed by atoms with Crippen molar-refractivity contribution in [1.82, 2.24) is 25.6 Å². The molecule has 24 nitrogen and oxygen atoms in total. The number of esters is 5. The molecule has 2 heterocycles. The number of carbonyl (C=O) groups excluding carboxylic acids is 8. The van der Waals surface area contributed by atoms with Gasteiger partial charge < -0.3 is 59.1 Å². The van der Waals surface area contributed by atoms with E-state index in [1.807, 2.05) is 0 Å². The summed E-state index contributed by atoms with van der Waals surface area (Å²) in [5.41, 5.74) is -7.38. The molecule has 12 atom stereocenters. The van der Waals surface area contributed by atoms with Crippen molar-refractivity contribution in [1.29, 1.82) is 0 Å². The van der Waals surface area contributed by atoms with Gasteiger partial charge in [0.25, 0.3) is 5.91 Å². The van der Waals surface area contributed by atoms with E-state index in [0.29, 0.717) is 31.5 Å². The lowest BCUT2D eigenvalue weighted by molar-refractivity contribution is -0.346. The average molecular weight is 1190 g/mol. The van der Waals surface area contributed by atoms with Gasteiger partial charge in [0, 0.05) is 69.3 Å². The van der Waals surface area contributed by atoms with Crippen molar-refractivity contribution in [3.05, 3.63) is 119 Å². The normalized spacial score (nSPS) is 27.7. The summed E-state index contributed by atoms with van der Waals surface area (Å²) in [6.07, 6.45) is 0.877. The van der Waals surface area contributed by atoms with Crippen molar-refractivity contribution in [3.63, 3.8) is 0 Å². The molecule has 2 bridgehead atoms. The van der Waals surface area contributed by atoms with E-state index < -0.39 is 150 Å². The molecule has 1 aliphatic heterocycles. The summed E-state index contributed by atoms with van der Waals surface area (Å²) >= 11 is 0. The van der Waals surface area contributed by atoms with E-state index in [2.05, 4.69) is 20.9 Å². The maximum absolute atomic E-state index is 15.8. The minimum Gasteiger partial charge on any atom is -0.481 e. The predicted octanol–water partition coefficient (Wildman–Crippen LogP) is 4.05. The SMILES string of the molecule is CC(=O)O[C@H]1C(=O)[C@@]2(C)[C@H]([C@H](OC(=O)c3ccccc3)[C@]3(O)C[C@H](OC(=O)[C@H](OC(=O)COCC(=O)NCCCc4cn(CCCCCC(=O)O)nn4)[C@@H](NC(=O)c4ccccc4)C4C=CC=CC4)C(C)=C1C3(C)C)[C@]1(OC(C)=O)CO[C@@H]1C[C@@H]2O. The fourth-order valence-electron chi connectivity index (χ4n) is 12.8. The number of aliphatic hydroxyl groups excluding tert-OH is 1. The van der Waals surface area contributed by atoms with Crippen LogP contribution in [0, 0.1) is 22.7 Å². The molecule has 1 saturated heterocycles. The van der Waals surface area contributed by atoms with E-state index in [4.69, 9.17) is 38.3 Å². The Balaban J connectivity index is 1.10. The molecular weight excluding hydrogens is 1120 g/mol. The number of carbonyl (C=O) groups is 9. The molecule has 24 heteroatoms. The molecule has 2 saturated carbocycles. The highest BCUT2D eigenvalue weighted by atomic mass is 16.6. The van der Waals surface area contributed by atoms with Gasteiger partial charge in [0.05, 0.1) is 41.3 Å². The number of hydrogen-bond acceptors (Lipinski definition) is 20. The van der Waals surface area contributed by atoms with E-state index in [1.165, 1.54) is 52.0 Å². The minimum absolute atomic E-state index is 0.0196. The van der Waals surface area contributed by atoms with Crippen LogP contribution in [0.15, 0.2) is 102 Å². The number of carboxylic acids is 1. The van der Waals surface area contributed by atoms with Crippen molar-refractivity contribution in [2.24, 2.45) is 22.7 Å². The number of fused-ring (bicyclic) bond motifs is 5. The smallest absolute Gasteiger partial charge is 0.350 e. The van der Waals surface area contributed by atoms with Crippen molar-refractivity contribution < 1.29 is 91.6 Å². The molecule has 3 fully saturated rings. The van der Waals surface area contributed by atoms with E-state index in [1.54, 1.807) is 71.6 Å². The van der Waals surface area contributed by atoms with Crippen LogP contribution in [0.4, 0.5) is 0 Å². The summed E-state index contributed by atoms with van der Waals surface area (Å²) in [7, 11) is 0. The van der Waals surface area contributed by atoms with Crippen LogP contribution in [0.3, 0.4) is 0 Å². The molecule has 2 aromatic carbocycles. The fourth-order valence-corrected chi connectivity index (χ4v) is 12.8. The van der Waals surface area contributed by atoms with Crippen molar-refractivity contribution in [3.8, 4) is 0 Å². The lowest BCUT2D eigenvalue weighted by Crippen LogP contribution is -2.82. The van der Waals surface area contributed by atoms with Crippen molar-refractivity contribution in [2.45, 2.75) is 160 Å². The predicted molar refractivity (Wildman–Crippen MR) is 301 cm³/mol. The number of Topliss-reactive ketones (excluding diaryl/α,β-unsaturated/α-hetero) is 1. The summed E-state index contributed by atoms with van der Waals surface area (Å²) in [5.74, 6) is -10.6. The van der Waals surface area contributed by atoms with Gasteiger partial charge >= 0.3 is 35.8 Å². The summed E-state index contributed by atoms with van der Waals surface area (Å²) < 4.78 is 44.1. The largest absolute Gasteiger partial charge is 0.481 e. The molecule has 5 aliphatic rings. The van der Waals surface area contributed by atoms with E-state index in [0.717, 1.165) is 26.7 Å². The van der Waals surface area contributed by atoms with Crippen LogP contribution in [0.25, 0.3) is 0 Å². The number of ketones is 1. The Morgan fingerprint density at radius 2 is 1.58 bits per heavy atom. The Hall–Kier alpha value is -7.93. The zero-order valence-corrected chi connectivity index (χ0v) is 49.0. The first-order valence-electron chi connectivity index (χ1n) is 28.9. The topological polar surface area (TPSA) is 334 Å². The Bertz CT molecular complexity index is 3120. The summed E-state index contributed by atoms with van der Waals surface area (Å²) in [6.45, 7) is 7.07. The molecule has 3 aromatic rings. The zero-order valence-electron chi connectivity index (χ0n) is 49.0. The van der Waals surface area contributed by atoms with Gasteiger partial charge in [-0.15, -0.1) is 5.10 Å². The highest BCUT2D eigenvalue weighted by molar-refractivity contribution is 5.96. The van der Waals surface area contributed by atoms with Crippen molar-refractivity contribution in [2.75, 3.05) is 26.4 Å². The Morgan fingerprint density at radius 1 is 0.872 bits per heavy atom. The maximum atomic E-state index is 15.8. The van der Waals surface area contributed by atoms with Crippen LogP contribution >= 0.6 is 0 Å². The highest BCUT2D eigenvalue weighted by Crippen LogP contribution is 2.64. The Kier molecular flexibility index (Phi) is 20.3. The van der Waals surface area contributed by atoms with Gasteiger partial charge in [-0.25, -0.2) is 14.4 Å². The van der Waals surface area contributed by atoms with Crippen LogP contribution in [-0.2, 0) is 79.7 Å². The number of rotatable bonds is 25. The van der Waals surface area contributed by atoms with Crippen molar-refractivity contribution >= 4 is 53.4 Å². The van der Waals surface area contributed by atoms with Gasteiger partial charge in [-0.1, -0.05) is 86.2 Å². The molecule has 86 heavy (non-hydrogen) atoms. The molecule has 2 amide bonds. The summed E-state index contributed by atoms with van der Waals surface area (Å²) in [5, 5.41) is 49.0. The number of nitrogens with one attached hydrogen (secondary N) is 2. The number of unbranched alkanes of at least 4 members (excludes halogenated alkanes) is 2. The third-order valence-electron chi connectivity index (χ3n) is 17.3. The number of amides is 2. The monoisotopic (exact) mass is 1190 g/mol. The summed E-state index contributed by atoms with van der Waals surface area (Å²) in [6, 6.07) is 14.4. The first-order valence-corrected chi connectivity index (χ1v) is 28.9. The summed E-state index contributed by atoms with van der Waals surface area (Å²) in [4.78, 5) is 124. The first kappa shape index (κ1) is 64.1. The minimum atomic E-state index is -2.52. The average Bonchev–Trinajstić information content (AvgIpc) is 1.47. The van der Waals surface area contributed by atoms with Crippen LogP contribution in [0.1, 0.15) is 119 Å². The number of carboxylic acid groups (broad SMARTS) is 1. The number of aliphatic carboxylic acids is 1.